The Balaban J connectivity index is 1.67. The summed E-state index contributed by atoms with van der Waals surface area (Å²) < 4.78 is 8.01. The molecule has 3 heterocycles. The number of fused-ring (bicyclic) bond motifs is 1. The minimum Gasteiger partial charge on any atom is -0.381 e. The SMILES string of the molecule is CC(c1nc2nc(C#N)nc(-c3cccc(Cl)c3)c2n1C[C@H]1CC[C@H](C)CC1)C1CCOCC1. The number of hydrogen-bond acceptors (Lipinski definition) is 5. The van der Waals surface area contributed by atoms with Gasteiger partial charge in [-0.2, -0.15) is 10.2 Å². The van der Waals surface area contributed by atoms with Gasteiger partial charge in [-0.1, -0.05) is 50.4 Å². The molecular weight excluding hydrogens is 446 g/mol. The summed E-state index contributed by atoms with van der Waals surface area (Å²) in [4.78, 5) is 14.3. The fourth-order valence-corrected chi connectivity index (χ4v) is 5.86. The summed E-state index contributed by atoms with van der Waals surface area (Å²) in [5.74, 6) is 3.42. The monoisotopic (exact) mass is 477 g/mol. The number of halogens is 1. The second-order valence-corrected chi connectivity index (χ2v) is 10.6. The van der Waals surface area contributed by atoms with Gasteiger partial charge >= 0.3 is 0 Å². The Morgan fingerprint density at radius 3 is 2.59 bits per heavy atom. The van der Waals surface area contributed by atoms with Crippen LogP contribution in [0.2, 0.25) is 5.02 Å². The second kappa shape index (κ2) is 10.0. The molecule has 0 radical (unpaired) electrons. The number of nitrogens with zero attached hydrogens (tertiary/aromatic N) is 5. The number of ether oxygens (including phenoxy) is 1. The van der Waals surface area contributed by atoms with Crippen LogP contribution in [0.1, 0.15) is 69.9 Å². The van der Waals surface area contributed by atoms with E-state index in [4.69, 9.17) is 21.3 Å². The minimum atomic E-state index is 0.142. The third-order valence-corrected chi connectivity index (χ3v) is 8.02. The van der Waals surface area contributed by atoms with Crippen LogP contribution in [-0.2, 0) is 11.3 Å². The van der Waals surface area contributed by atoms with Crippen molar-refractivity contribution in [3.8, 4) is 17.3 Å². The van der Waals surface area contributed by atoms with Crippen molar-refractivity contribution in [1.29, 1.82) is 5.26 Å². The van der Waals surface area contributed by atoms with Gasteiger partial charge in [0.15, 0.2) is 5.65 Å². The Bertz CT molecular complexity index is 1200. The van der Waals surface area contributed by atoms with E-state index in [1.807, 2.05) is 24.3 Å². The average Bonchev–Trinajstić information content (AvgIpc) is 3.23. The summed E-state index contributed by atoms with van der Waals surface area (Å²) >= 11 is 6.34. The fraction of sp³-hybridized carbons (Fsp3) is 0.556. The number of benzene rings is 1. The Hall–Kier alpha value is -2.49. The van der Waals surface area contributed by atoms with Crippen molar-refractivity contribution in [2.45, 2.75) is 64.8 Å². The molecule has 1 aromatic carbocycles. The normalized spacial score (nSPS) is 22.5. The topological polar surface area (TPSA) is 76.6 Å². The molecule has 0 bridgehead atoms. The molecule has 2 fully saturated rings. The molecule has 1 atom stereocenters. The molecule has 34 heavy (non-hydrogen) atoms. The lowest BCUT2D eigenvalue weighted by atomic mass is 9.82. The molecule has 1 aliphatic heterocycles. The molecule has 1 unspecified atom stereocenters. The predicted molar refractivity (Wildman–Crippen MR) is 134 cm³/mol. The molecule has 178 valence electrons. The van der Waals surface area contributed by atoms with Crippen LogP contribution < -0.4 is 0 Å². The summed E-state index contributed by atoms with van der Waals surface area (Å²) in [7, 11) is 0. The smallest absolute Gasteiger partial charge is 0.234 e. The predicted octanol–water partition coefficient (Wildman–Crippen LogP) is 6.37. The number of aromatic nitrogens is 4. The zero-order chi connectivity index (χ0) is 23.7. The number of hydrogen-bond donors (Lipinski definition) is 0. The summed E-state index contributed by atoms with van der Waals surface area (Å²) in [6.45, 7) is 7.17. The first-order valence-electron chi connectivity index (χ1n) is 12.6. The van der Waals surface area contributed by atoms with Crippen molar-refractivity contribution in [2.24, 2.45) is 17.8 Å². The van der Waals surface area contributed by atoms with Gasteiger partial charge in [-0.15, -0.1) is 0 Å². The van der Waals surface area contributed by atoms with Gasteiger partial charge in [-0.05, 0) is 55.6 Å². The molecule has 2 aromatic heterocycles. The van der Waals surface area contributed by atoms with Crippen LogP contribution in [0.25, 0.3) is 22.4 Å². The van der Waals surface area contributed by atoms with Crippen molar-refractivity contribution in [1.82, 2.24) is 19.5 Å². The van der Waals surface area contributed by atoms with Gasteiger partial charge in [0.1, 0.15) is 23.1 Å². The third kappa shape index (κ3) is 4.69. The molecule has 1 saturated heterocycles. The molecule has 1 saturated carbocycles. The molecule has 5 rings (SSSR count). The summed E-state index contributed by atoms with van der Waals surface area (Å²) in [5.41, 5.74) is 3.17. The lowest BCUT2D eigenvalue weighted by Crippen LogP contribution is -2.24. The lowest BCUT2D eigenvalue weighted by Gasteiger charge is -2.30. The first-order valence-corrected chi connectivity index (χ1v) is 12.9. The van der Waals surface area contributed by atoms with Gasteiger partial charge in [0, 0.05) is 36.3 Å². The summed E-state index contributed by atoms with van der Waals surface area (Å²) in [5, 5.41) is 10.3. The van der Waals surface area contributed by atoms with Crippen molar-refractivity contribution in [2.75, 3.05) is 13.2 Å². The van der Waals surface area contributed by atoms with Gasteiger partial charge in [0.2, 0.25) is 5.82 Å². The molecular formula is C27H32ClN5O. The molecule has 2 aliphatic rings. The van der Waals surface area contributed by atoms with E-state index in [-0.39, 0.29) is 11.7 Å². The molecule has 1 aliphatic carbocycles. The molecule has 7 heteroatoms. The van der Waals surface area contributed by atoms with Crippen LogP contribution >= 0.6 is 11.6 Å². The molecule has 6 nitrogen and oxygen atoms in total. The van der Waals surface area contributed by atoms with Gasteiger partial charge in [-0.25, -0.2) is 9.97 Å². The zero-order valence-corrected chi connectivity index (χ0v) is 20.8. The van der Waals surface area contributed by atoms with Crippen molar-refractivity contribution in [3.63, 3.8) is 0 Å². The van der Waals surface area contributed by atoms with Gasteiger partial charge in [-0.3, -0.25) is 0 Å². The first-order chi connectivity index (χ1) is 16.5. The Labute approximate surface area is 206 Å². The Kier molecular flexibility index (Phi) is 6.85. The number of nitriles is 1. The maximum atomic E-state index is 9.65. The average molecular weight is 478 g/mol. The van der Waals surface area contributed by atoms with E-state index in [0.717, 1.165) is 61.1 Å². The highest BCUT2D eigenvalue weighted by atomic mass is 35.5. The van der Waals surface area contributed by atoms with E-state index in [1.165, 1.54) is 25.7 Å². The van der Waals surface area contributed by atoms with Gasteiger partial charge in [0.05, 0.1) is 0 Å². The lowest BCUT2D eigenvalue weighted by molar-refractivity contribution is 0.0583. The van der Waals surface area contributed by atoms with E-state index in [2.05, 4.69) is 34.5 Å². The van der Waals surface area contributed by atoms with Crippen molar-refractivity contribution < 1.29 is 4.74 Å². The zero-order valence-electron chi connectivity index (χ0n) is 20.0. The van der Waals surface area contributed by atoms with Crippen LogP contribution in [0.3, 0.4) is 0 Å². The van der Waals surface area contributed by atoms with E-state index < -0.39 is 0 Å². The first kappa shape index (κ1) is 23.3. The number of imidazole rings is 1. The fourth-order valence-electron chi connectivity index (χ4n) is 5.67. The second-order valence-electron chi connectivity index (χ2n) is 10.1. The quantitative estimate of drug-likeness (QED) is 0.426. The summed E-state index contributed by atoms with van der Waals surface area (Å²) in [6.07, 6.45) is 7.10. The van der Waals surface area contributed by atoms with Crippen LogP contribution in [0.4, 0.5) is 0 Å². The van der Waals surface area contributed by atoms with Crippen LogP contribution in [-0.4, -0.2) is 32.7 Å². The Morgan fingerprint density at radius 2 is 1.88 bits per heavy atom. The van der Waals surface area contributed by atoms with Gasteiger partial charge in [0.25, 0.3) is 0 Å². The standard InChI is InChI=1S/C27H32ClN5O/c1-17-6-8-19(9-7-17)16-33-25-24(21-4-3-5-22(28)14-21)30-23(15-29)31-26(25)32-27(33)18(2)20-10-12-34-13-11-20/h3-5,14,17-20H,6-13,16H2,1-2H3/t17-,18?,19-. The third-order valence-electron chi connectivity index (χ3n) is 7.79. The summed E-state index contributed by atoms with van der Waals surface area (Å²) in [6, 6.07) is 9.81. The minimum absolute atomic E-state index is 0.142. The van der Waals surface area contributed by atoms with E-state index in [0.29, 0.717) is 22.5 Å². The van der Waals surface area contributed by atoms with Crippen molar-refractivity contribution in [3.05, 3.63) is 40.9 Å². The highest BCUT2D eigenvalue weighted by Crippen LogP contribution is 2.38. The van der Waals surface area contributed by atoms with E-state index >= 15 is 0 Å². The number of rotatable bonds is 5. The van der Waals surface area contributed by atoms with Gasteiger partial charge < -0.3 is 9.30 Å². The van der Waals surface area contributed by atoms with Crippen LogP contribution in [0.5, 0.6) is 0 Å². The molecule has 0 spiro atoms. The highest BCUT2D eigenvalue weighted by molar-refractivity contribution is 6.30. The van der Waals surface area contributed by atoms with E-state index in [9.17, 15) is 5.26 Å². The molecule has 0 N–H and O–H groups in total. The van der Waals surface area contributed by atoms with Crippen molar-refractivity contribution >= 4 is 22.8 Å². The maximum absolute atomic E-state index is 9.65. The Morgan fingerprint density at radius 1 is 1.12 bits per heavy atom. The molecule has 3 aromatic rings. The van der Waals surface area contributed by atoms with Crippen LogP contribution in [0, 0.1) is 29.1 Å². The molecule has 0 amide bonds. The van der Waals surface area contributed by atoms with Crippen LogP contribution in [0.15, 0.2) is 24.3 Å². The largest absolute Gasteiger partial charge is 0.381 e. The highest BCUT2D eigenvalue weighted by Gasteiger charge is 2.30. The maximum Gasteiger partial charge on any atom is 0.234 e. The van der Waals surface area contributed by atoms with E-state index in [1.54, 1.807) is 0 Å².